The highest BCUT2D eigenvalue weighted by molar-refractivity contribution is 5.95. The maximum absolute atomic E-state index is 12.1. The van der Waals surface area contributed by atoms with Crippen LogP contribution >= 0.6 is 0 Å². The minimum atomic E-state index is -0.395. The highest BCUT2D eigenvalue weighted by Gasteiger charge is 2.36. The first-order chi connectivity index (χ1) is 9.58. The van der Waals surface area contributed by atoms with Gasteiger partial charge in [0, 0.05) is 0 Å². The molecule has 5 heteroatoms. The van der Waals surface area contributed by atoms with Gasteiger partial charge in [-0.2, -0.15) is 0 Å². The third-order valence-corrected chi connectivity index (χ3v) is 3.74. The number of carbonyl (C=O) groups is 2. The Morgan fingerprint density at radius 1 is 1.35 bits per heavy atom. The maximum Gasteiger partial charge on any atom is 0.243 e. The molecule has 0 aromatic heterocycles. The van der Waals surface area contributed by atoms with Gasteiger partial charge in [-0.25, -0.2) is 0 Å². The van der Waals surface area contributed by atoms with Crippen LogP contribution in [0.4, 0.5) is 0 Å². The van der Waals surface area contributed by atoms with Crippen molar-refractivity contribution in [2.45, 2.75) is 32.4 Å². The second kappa shape index (κ2) is 5.94. The Bertz CT molecular complexity index is 498. The second-order valence-corrected chi connectivity index (χ2v) is 4.89. The van der Waals surface area contributed by atoms with Crippen LogP contribution in [0.5, 0.6) is 5.75 Å². The van der Waals surface area contributed by atoms with Gasteiger partial charge < -0.3 is 15.0 Å². The molecular formula is C15H20N2O3. The predicted octanol–water partition coefficient (Wildman–Crippen LogP) is 1.49. The molecule has 1 aromatic carbocycles. The minimum Gasteiger partial charge on any atom is -0.497 e. The van der Waals surface area contributed by atoms with Gasteiger partial charge >= 0.3 is 0 Å². The molecule has 0 spiro atoms. The number of benzene rings is 1. The van der Waals surface area contributed by atoms with E-state index in [1.807, 2.05) is 38.1 Å². The highest BCUT2D eigenvalue weighted by Crippen LogP contribution is 2.27. The molecule has 0 aliphatic carbocycles. The summed E-state index contributed by atoms with van der Waals surface area (Å²) in [5.41, 5.74) is 0.993. The van der Waals surface area contributed by atoms with Crippen molar-refractivity contribution in [2.24, 2.45) is 0 Å². The Kier molecular flexibility index (Phi) is 4.27. The quantitative estimate of drug-likeness (QED) is 0.906. The second-order valence-electron chi connectivity index (χ2n) is 4.89. The average molecular weight is 276 g/mol. The molecule has 1 aromatic rings. The first-order valence-electron chi connectivity index (χ1n) is 6.81. The van der Waals surface area contributed by atoms with E-state index >= 15 is 0 Å². The highest BCUT2D eigenvalue weighted by atomic mass is 16.5. The molecule has 1 fully saturated rings. The zero-order valence-corrected chi connectivity index (χ0v) is 12.1. The van der Waals surface area contributed by atoms with E-state index in [1.165, 1.54) is 0 Å². The molecule has 2 amide bonds. The monoisotopic (exact) mass is 276 g/mol. The van der Waals surface area contributed by atoms with Gasteiger partial charge in [0.1, 0.15) is 11.8 Å². The molecule has 2 unspecified atom stereocenters. The first-order valence-corrected chi connectivity index (χ1v) is 6.81. The van der Waals surface area contributed by atoms with E-state index in [9.17, 15) is 9.59 Å². The summed E-state index contributed by atoms with van der Waals surface area (Å²) >= 11 is 0. The number of hydrogen-bond acceptors (Lipinski definition) is 3. The number of ether oxygens (including phenoxy) is 1. The molecule has 2 atom stereocenters. The molecule has 1 aliphatic heterocycles. The lowest BCUT2D eigenvalue weighted by molar-refractivity contribution is -0.148. The zero-order valence-electron chi connectivity index (χ0n) is 12.1. The fourth-order valence-corrected chi connectivity index (χ4v) is 2.58. The van der Waals surface area contributed by atoms with Crippen molar-refractivity contribution in [3.05, 3.63) is 29.8 Å². The van der Waals surface area contributed by atoms with Gasteiger partial charge in [-0.3, -0.25) is 9.59 Å². The number of amides is 2. The van der Waals surface area contributed by atoms with Crippen molar-refractivity contribution < 1.29 is 14.3 Å². The Labute approximate surface area is 118 Å². The SMILES string of the molecule is CCC1C(=O)NCC(=O)N1C(C)c1ccc(OC)cc1. The van der Waals surface area contributed by atoms with E-state index in [0.717, 1.165) is 11.3 Å². The van der Waals surface area contributed by atoms with Crippen LogP contribution in [0.2, 0.25) is 0 Å². The van der Waals surface area contributed by atoms with E-state index in [0.29, 0.717) is 6.42 Å². The molecule has 20 heavy (non-hydrogen) atoms. The smallest absolute Gasteiger partial charge is 0.243 e. The summed E-state index contributed by atoms with van der Waals surface area (Å²) < 4.78 is 5.13. The number of nitrogens with zero attached hydrogens (tertiary/aromatic N) is 1. The standard InChI is InChI=1S/C15H20N2O3/c1-4-13-15(19)16-9-14(18)17(13)10(2)11-5-7-12(20-3)8-6-11/h5-8,10,13H,4,9H2,1-3H3,(H,16,19). The van der Waals surface area contributed by atoms with Crippen molar-refractivity contribution in [1.29, 1.82) is 0 Å². The number of piperazine rings is 1. The lowest BCUT2D eigenvalue weighted by Crippen LogP contribution is -2.58. The molecule has 0 radical (unpaired) electrons. The van der Waals surface area contributed by atoms with Crippen LogP contribution in [-0.2, 0) is 9.59 Å². The number of nitrogens with one attached hydrogen (secondary N) is 1. The van der Waals surface area contributed by atoms with Crippen LogP contribution in [0, 0.1) is 0 Å². The summed E-state index contributed by atoms with van der Waals surface area (Å²) in [5, 5.41) is 2.64. The van der Waals surface area contributed by atoms with E-state index in [-0.39, 0.29) is 24.4 Å². The van der Waals surface area contributed by atoms with Gasteiger partial charge in [-0.15, -0.1) is 0 Å². The van der Waals surface area contributed by atoms with E-state index in [2.05, 4.69) is 5.32 Å². The number of rotatable bonds is 4. The summed E-state index contributed by atoms with van der Waals surface area (Å²) in [5.74, 6) is 0.655. The molecule has 1 aliphatic rings. The van der Waals surface area contributed by atoms with Gasteiger partial charge in [0.2, 0.25) is 11.8 Å². The molecule has 0 bridgehead atoms. The van der Waals surface area contributed by atoms with Gasteiger partial charge in [-0.05, 0) is 31.0 Å². The van der Waals surface area contributed by atoms with E-state index in [1.54, 1.807) is 12.0 Å². The Hall–Kier alpha value is -2.04. The van der Waals surface area contributed by atoms with Crippen LogP contribution in [0.3, 0.4) is 0 Å². The summed E-state index contributed by atoms with van der Waals surface area (Å²) in [7, 11) is 1.62. The lowest BCUT2D eigenvalue weighted by Gasteiger charge is -2.39. The number of methoxy groups -OCH3 is 1. The van der Waals surface area contributed by atoms with Crippen LogP contribution in [0.1, 0.15) is 31.9 Å². The largest absolute Gasteiger partial charge is 0.497 e. The maximum atomic E-state index is 12.1. The van der Waals surface area contributed by atoms with Crippen molar-refractivity contribution in [3.63, 3.8) is 0 Å². The van der Waals surface area contributed by atoms with E-state index < -0.39 is 6.04 Å². The number of carbonyl (C=O) groups excluding carboxylic acids is 2. The van der Waals surface area contributed by atoms with E-state index in [4.69, 9.17) is 4.74 Å². The molecular weight excluding hydrogens is 256 g/mol. The van der Waals surface area contributed by atoms with Crippen molar-refractivity contribution >= 4 is 11.8 Å². The molecule has 5 nitrogen and oxygen atoms in total. The first kappa shape index (κ1) is 14.4. The zero-order chi connectivity index (χ0) is 14.7. The van der Waals surface area contributed by atoms with Gasteiger partial charge in [0.25, 0.3) is 0 Å². The minimum absolute atomic E-state index is 0.0419. The van der Waals surface area contributed by atoms with Crippen molar-refractivity contribution in [1.82, 2.24) is 10.2 Å². The number of hydrogen-bond donors (Lipinski definition) is 1. The Balaban J connectivity index is 2.26. The average Bonchev–Trinajstić information content (AvgIpc) is 2.48. The van der Waals surface area contributed by atoms with Crippen LogP contribution in [0.25, 0.3) is 0 Å². The summed E-state index contributed by atoms with van der Waals surface area (Å²) in [4.78, 5) is 25.7. The third-order valence-electron chi connectivity index (χ3n) is 3.74. The van der Waals surface area contributed by atoms with Gasteiger partial charge in [0.05, 0.1) is 19.7 Å². The Morgan fingerprint density at radius 3 is 2.55 bits per heavy atom. The molecule has 2 rings (SSSR count). The topological polar surface area (TPSA) is 58.6 Å². The summed E-state index contributed by atoms with van der Waals surface area (Å²) in [6.07, 6.45) is 0.609. The molecule has 1 saturated heterocycles. The normalized spacial score (nSPS) is 20.6. The van der Waals surface area contributed by atoms with Crippen LogP contribution in [-0.4, -0.2) is 36.4 Å². The van der Waals surface area contributed by atoms with Gasteiger partial charge in [0.15, 0.2) is 0 Å². The fraction of sp³-hybridized carbons (Fsp3) is 0.467. The third kappa shape index (κ3) is 2.61. The molecule has 0 saturated carbocycles. The molecule has 1 heterocycles. The fourth-order valence-electron chi connectivity index (χ4n) is 2.58. The van der Waals surface area contributed by atoms with Crippen molar-refractivity contribution in [2.75, 3.05) is 13.7 Å². The summed E-state index contributed by atoms with van der Waals surface area (Å²) in [6.45, 7) is 3.94. The lowest BCUT2D eigenvalue weighted by atomic mass is 10.0. The Morgan fingerprint density at radius 2 is 2.00 bits per heavy atom. The van der Waals surface area contributed by atoms with Crippen LogP contribution in [0.15, 0.2) is 24.3 Å². The van der Waals surface area contributed by atoms with Gasteiger partial charge in [-0.1, -0.05) is 19.1 Å². The van der Waals surface area contributed by atoms with Crippen LogP contribution < -0.4 is 10.1 Å². The molecule has 108 valence electrons. The predicted molar refractivity (Wildman–Crippen MR) is 75.3 cm³/mol. The van der Waals surface area contributed by atoms with Crippen molar-refractivity contribution in [3.8, 4) is 5.75 Å². The summed E-state index contributed by atoms with van der Waals surface area (Å²) in [6, 6.07) is 7.05. The molecule has 1 N–H and O–H groups in total.